The Hall–Kier alpha value is -5.22. The molecule has 4 nitrogen and oxygen atoms in total. The molecule has 0 N–H and O–H groups in total. The predicted molar refractivity (Wildman–Crippen MR) is 159 cm³/mol. The van der Waals surface area contributed by atoms with Gasteiger partial charge in [-0.3, -0.25) is 9.97 Å². The number of hydrogen-bond acceptors (Lipinski definition) is 4. The van der Waals surface area contributed by atoms with Gasteiger partial charge in [-0.05, 0) is 63.2 Å². The van der Waals surface area contributed by atoms with Crippen molar-refractivity contribution in [2.45, 2.75) is 12.1 Å². The molecule has 186 valence electrons. The molecule has 40 heavy (non-hydrogen) atoms. The van der Waals surface area contributed by atoms with Crippen molar-refractivity contribution in [2.75, 3.05) is 9.80 Å². The number of benzene rings is 4. The van der Waals surface area contributed by atoms with Gasteiger partial charge >= 0.3 is 0 Å². The summed E-state index contributed by atoms with van der Waals surface area (Å²) in [6.45, 7) is 0. The maximum absolute atomic E-state index is 4.60. The van der Waals surface area contributed by atoms with Gasteiger partial charge in [-0.25, -0.2) is 0 Å². The number of rotatable bonds is 0. The van der Waals surface area contributed by atoms with Gasteiger partial charge in [0.05, 0.1) is 47.2 Å². The van der Waals surface area contributed by atoms with Gasteiger partial charge in [0.15, 0.2) is 0 Å². The van der Waals surface area contributed by atoms with Crippen LogP contribution in [-0.2, 0) is 0 Å². The molecule has 0 fully saturated rings. The summed E-state index contributed by atoms with van der Waals surface area (Å²) >= 11 is 0. The van der Waals surface area contributed by atoms with Crippen LogP contribution in [0.15, 0.2) is 122 Å². The van der Waals surface area contributed by atoms with Gasteiger partial charge in [0.1, 0.15) is 0 Å². The zero-order valence-electron chi connectivity index (χ0n) is 21.5. The summed E-state index contributed by atoms with van der Waals surface area (Å²) < 4.78 is 0. The van der Waals surface area contributed by atoms with Crippen LogP contribution in [0, 0.1) is 0 Å². The summed E-state index contributed by atoms with van der Waals surface area (Å²) in [5.74, 6) is 0. The maximum Gasteiger partial charge on any atom is 0.0858 e. The zero-order valence-corrected chi connectivity index (χ0v) is 21.5. The summed E-state index contributed by atoms with van der Waals surface area (Å²) in [6.07, 6.45) is 7.89. The third kappa shape index (κ3) is 2.35. The Balaban J connectivity index is 1.35. The predicted octanol–water partition coefficient (Wildman–Crippen LogP) is 8.59. The largest absolute Gasteiger partial charge is 0.327 e. The maximum atomic E-state index is 4.60. The molecule has 0 aliphatic carbocycles. The summed E-state index contributed by atoms with van der Waals surface area (Å²) in [7, 11) is 0. The number of aromatic nitrogens is 2. The highest BCUT2D eigenvalue weighted by Crippen LogP contribution is 2.64. The molecular weight excluding hydrogens is 488 g/mol. The van der Waals surface area contributed by atoms with E-state index >= 15 is 0 Å². The highest BCUT2D eigenvalue weighted by Gasteiger charge is 2.46. The Morgan fingerprint density at radius 3 is 1.43 bits per heavy atom. The minimum atomic E-state index is 0.0740. The van der Waals surface area contributed by atoms with Crippen LogP contribution in [0.3, 0.4) is 0 Å². The first-order chi connectivity index (χ1) is 19.9. The van der Waals surface area contributed by atoms with Crippen molar-refractivity contribution in [1.82, 2.24) is 9.97 Å². The number of pyridine rings is 2. The second-order valence-electron chi connectivity index (χ2n) is 11.0. The highest BCUT2D eigenvalue weighted by molar-refractivity contribution is 6.06. The first-order valence-corrected chi connectivity index (χ1v) is 13.8. The first kappa shape index (κ1) is 20.7. The second-order valence-corrected chi connectivity index (χ2v) is 11.0. The van der Waals surface area contributed by atoms with Crippen LogP contribution >= 0.6 is 0 Å². The van der Waals surface area contributed by atoms with Crippen LogP contribution in [0.25, 0.3) is 33.4 Å². The van der Waals surface area contributed by atoms with Gasteiger partial charge in [0.2, 0.25) is 0 Å². The van der Waals surface area contributed by atoms with E-state index in [0.29, 0.717) is 0 Å². The SMILES string of the molecule is c1ccc2c(c1)-c1ccncc1N1c3cccc4c3-c3c(cccc3C3c5ccccc5-c5ccncc5N43)C21. The highest BCUT2D eigenvalue weighted by atomic mass is 15.2. The molecule has 4 aliphatic heterocycles. The number of nitrogens with zero attached hydrogens (tertiary/aromatic N) is 4. The van der Waals surface area contributed by atoms with E-state index in [2.05, 4.69) is 117 Å². The van der Waals surface area contributed by atoms with Crippen LogP contribution in [0.5, 0.6) is 0 Å². The Kier molecular flexibility index (Phi) is 3.75. The van der Waals surface area contributed by atoms with Crippen molar-refractivity contribution in [2.24, 2.45) is 0 Å². The van der Waals surface area contributed by atoms with Crippen LogP contribution in [0.2, 0.25) is 0 Å². The van der Waals surface area contributed by atoms with Crippen LogP contribution in [0.1, 0.15) is 34.3 Å². The van der Waals surface area contributed by atoms with E-state index < -0.39 is 0 Å². The van der Waals surface area contributed by atoms with E-state index in [0.717, 1.165) is 11.4 Å². The minimum absolute atomic E-state index is 0.0740. The molecule has 0 saturated carbocycles. The monoisotopic (exact) mass is 510 g/mol. The fourth-order valence-corrected chi connectivity index (χ4v) is 7.80. The molecule has 0 saturated heterocycles. The van der Waals surface area contributed by atoms with Crippen molar-refractivity contribution in [3.63, 3.8) is 0 Å². The Morgan fingerprint density at radius 1 is 0.400 bits per heavy atom. The molecule has 2 unspecified atom stereocenters. The van der Waals surface area contributed by atoms with Crippen LogP contribution in [0.4, 0.5) is 22.7 Å². The molecule has 0 radical (unpaired) electrons. The number of anilines is 4. The van der Waals surface area contributed by atoms with Crippen molar-refractivity contribution in [3.05, 3.63) is 144 Å². The smallest absolute Gasteiger partial charge is 0.0858 e. The molecular formula is C36H22N4. The molecule has 4 heteroatoms. The van der Waals surface area contributed by atoms with Crippen LogP contribution in [-0.4, -0.2) is 9.97 Å². The molecule has 2 atom stereocenters. The average Bonchev–Trinajstić information content (AvgIpc) is 3.03. The molecule has 10 rings (SSSR count). The van der Waals surface area contributed by atoms with Gasteiger partial charge in [0.25, 0.3) is 0 Å². The molecule has 0 spiro atoms. The second kappa shape index (κ2) is 7.25. The van der Waals surface area contributed by atoms with Gasteiger partial charge in [-0.1, -0.05) is 72.8 Å². The summed E-state index contributed by atoms with van der Waals surface area (Å²) in [5.41, 5.74) is 17.9. The molecule has 0 bridgehead atoms. The van der Waals surface area contributed by atoms with Crippen LogP contribution < -0.4 is 9.80 Å². The molecule has 4 aromatic carbocycles. The lowest BCUT2D eigenvalue weighted by atomic mass is 9.72. The molecule has 0 amide bonds. The zero-order chi connectivity index (χ0) is 25.9. The van der Waals surface area contributed by atoms with Crippen molar-refractivity contribution >= 4 is 22.7 Å². The summed E-state index contributed by atoms with van der Waals surface area (Å²) in [5, 5.41) is 0. The average molecular weight is 511 g/mol. The number of fused-ring (bicyclic) bond motifs is 16. The lowest BCUT2D eigenvalue weighted by molar-refractivity contribution is 0.761. The first-order valence-electron chi connectivity index (χ1n) is 13.8. The number of hydrogen-bond donors (Lipinski definition) is 0. The van der Waals surface area contributed by atoms with E-state index in [1.165, 1.54) is 67.0 Å². The third-order valence-electron chi connectivity index (χ3n) is 9.23. The fraction of sp³-hybridized carbons (Fsp3) is 0.0556. The quantitative estimate of drug-likeness (QED) is 0.205. The molecule has 6 aromatic rings. The molecule has 4 aliphatic rings. The van der Waals surface area contributed by atoms with Gasteiger partial charge < -0.3 is 9.80 Å². The third-order valence-corrected chi connectivity index (χ3v) is 9.23. The van der Waals surface area contributed by atoms with E-state index in [1.807, 2.05) is 24.8 Å². The normalized spacial score (nSPS) is 17.9. The van der Waals surface area contributed by atoms with Gasteiger partial charge in [0, 0.05) is 29.1 Å². The standard InChI is InChI=1S/C36H22N4/c1-3-9-25-21(7-1)23-15-17-37-19-31(23)39-29-13-6-14-30-34(29)33-27(35(25)39)11-5-12-28(33)36-26-10-4-2-8-22(26)24-16-18-38-20-32(24)40(30)36/h1-20,35-36H. The fourth-order valence-electron chi connectivity index (χ4n) is 7.80. The summed E-state index contributed by atoms with van der Waals surface area (Å²) in [4.78, 5) is 14.3. The lowest BCUT2D eigenvalue weighted by Crippen LogP contribution is -2.38. The summed E-state index contributed by atoms with van der Waals surface area (Å²) in [6, 6.07) is 36.0. The Morgan fingerprint density at radius 2 is 0.875 bits per heavy atom. The van der Waals surface area contributed by atoms with Gasteiger partial charge in [-0.15, -0.1) is 0 Å². The van der Waals surface area contributed by atoms with Gasteiger partial charge in [-0.2, -0.15) is 0 Å². The minimum Gasteiger partial charge on any atom is -0.327 e. The Labute approximate surface area is 231 Å². The van der Waals surface area contributed by atoms with Crippen molar-refractivity contribution in [1.29, 1.82) is 0 Å². The van der Waals surface area contributed by atoms with E-state index in [9.17, 15) is 0 Å². The molecule has 6 heterocycles. The Bertz CT molecular complexity index is 1770. The van der Waals surface area contributed by atoms with E-state index in [4.69, 9.17) is 0 Å². The van der Waals surface area contributed by atoms with Crippen molar-refractivity contribution in [3.8, 4) is 33.4 Å². The van der Waals surface area contributed by atoms with E-state index in [1.54, 1.807) is 0 Å². The topological polar surface area (TPSA) is 32.3 Å². The molecule has 2 aromatic heterocycles. The van der Waals surface area contributed by atoms with Crippen molar-refractivity contribution < 1.29 is 0 Å². The lowest BCUT2D eigenvalue weighted by Gasteiger charge is -2.51. The van der Waals surface area contributed by atoms with E-state index in [-0.39, 0.29) is 12.1 Å².